The summed E-state index contributed by atoms with van der Waals surface area (Å²) in [6.45, 7) is 9.90. The van der Waals surface area contributed by atoms with Gasteiger partial charge in [0.05, 0.1) is 6.61 Å². The first-order chi connectivity index (χ1) is 11.4. The zero-order chi connectivity index (χ0) is 18.4. The summed E-state index contributed by atoms with van der Waals surface area (Å²) in [6, 6.07) is 0. The fraction of sp³-hybridized carbons (Fsp3) is 0.850. The molecule has 0 bridgehead atoms. The summed E-state index contributed by atoms with van der Waals surface area (Å²) in [4.78, 5) is 11.4. The van der Waals surface area contributed by atoms with E-state index in [1.54, 1.807) is 21.1 Å². The first-order valence-corrected chi connectivity index (χ1v) is 9.34. The van der Waals surface area contributed by atoms with Crippen molar-refractivity contribution in [2.45, 2.75) is 84.3 Å². The van der Waals surface area contributed by atoms with Crippen molar-refractivity contribution < 1.29 is 19.0 Å². The van der Waals surface area contributed by atoms with Gasteiger partial charge in [-0.1, -0.05) is 52.0 Å². The quantitative estimate of drug-likeness (QED) is 0.176. The summed E-state index contributed by atoms with van der Waals surface area (Å²) in [6.07, 6.45) is 10.4. The molecule has 0 heterocycles. The molecule has 24 heavy (non-hydrogen) atoms. The summed E-state index contributed by atoms with van der Waals surface area (Å²) in [5, 5.41) is 0. The third kappa shape index (κ3) is 9.43. The number of rotatable bonds is 15. The summed E-state index contributed by atoms with van der Waals surface area (Å²) in [7, 11) is 3.39. The van der Waals surface area contributed by atoms with Crippen molar-refractivity contribution in [1.29, 1.82) is 0 Å². The second kappa shape index (κ2) is 13.4. The molecule has 0 spiro atoms. The minimum absolute atomic E-state index is 0.294. The van der Waals surface area contributed by atoms with Gasteiger partial charge in [-0.05, 0) is 33.1 Å². The number of ether oxygens (including phenoxy) is 3. The monoisotopic (exact) mass is 342 g/mol. The molecule has 0 radical (unpaired) electrons. The van der Waals surface area contributed by atoms with Crippen molar-refractivity contribution in [2.24, 2.45) is 5.92 Å². The third-order valence-electron chi connectivity index (χ3n) is 4.74. The van der Waals surface area contributed by atoms with E-state index >= 15 is 0 Å². The second-order valence-corrected chi connectivity index (χ2v) is 6.74. The lowest BCUT2D eigenvalue weighted by atomic mass is 9.88. The minimum Gasteiger partial charge on any atom is -0.462 e. The number of carbonyl (C=O) groups excluding carboxylic acids is 1. The predicted molar refractivity (Wildman–Crippen MR) is 98.9 cm³/mol. The fourth-order valence-electron chi connectivity index (χ4n) is 2.87. The van der Waals surface area contributed by atoms with E-state index in [4.69, 9.17) is 14.2 Å². The van der Waals surface area contributed by atoms with Gasteiger partial charge in [0.1, 0.15) is 0 Å². The van der Waals surface area contributed by atoms with Gasteiger partial charge in [-0.2, -0.15) is 0 Å². The van der Waals surface area contributed by atoms with Gasteiger partial charge in [-0.15, -0.1) is 0 Å². The lowest BCUT2D eigenvalue weighted by Gasteiger charge is -2.35. The highest BCUT2D eigenvalue weighted by Crippen LogP contribution is 2.31. The molecule has 1 atom stereocenters. The predicted octanol–water partition coefficient (Wildman–Crippen LogP) is 5.26. The van der Waals surface area contributed by atoms with E-state index in [0.29, 0.717) is 18.1 Å². The Bertz CT molecular complexity index is 348. The Balaban J connectivity index is 4.29. The lowest BCUT2D eigenvalue weighted by molar-refractivity contribution is -0.230. The fourth-order valence-corrected chi connectivity index (χ4v) is 2.87. The van der Waals surface area contributed by atoms with Crippen LogP contribution in [0.2, 0.25) is 0 Å². The van der Waals surface area contributed by atoms with Crippen LogP contribution in [-0.4, -0.2) is 32.6 Å². The smallest absolute Gasteiger partial charge is 0.333 e. The zero-order valence-corrected chi connectivity index (χ0v) is 16.5. The Hall–Kier alpha value is -0.870. The second-order valence-electron chi connectivity index (χ2n) is 6.74. The first kappa shape index (κ1) is 23.1. The van der Waals surface area contributed by atoms with Gasteiger partial charge in [0.25, 0.3) is 0 Å². The molecule has 0 fully saturated rings. The molecule has 0 N–H and O–H groups in total. The molecule has 1 unspecified atom stereocenters. The Kier molecular flexibility index (Phi) is 12.9. The molecule has 0 aliphatic rings. The van der Waals surface area contributed by atoms with Gasteiger partial charge < -0.3 is 14.2 Å². The highest BCUT2D eigenvalue weighted by atomic mass is 16.7. The standard InChI is InChI=1S/C20H38O4/c1-7-8-9-10-11-12-14-18(20(4,22-5)23-6)15-13-16-24-19(21)17(2)3/h18H,2,7-16H2,1,3-6H3. The third-order valence-corrected chi connectivity index (χ3v) is 4.74. The highest BCUT2D eigenvalue weighted by Gasteiger charge is 2.33. The van der Waals surface area contributed by atoms with E-state index in [2.05, 4.69) is 13.5 Å². The minimum atomic E-state index is -0.582. The van der Waals surface area contributed by atoms with E-state index in [1.807, 2.05) is 6.92 Å². The highest BCUT2D eigenvalue weighted by molar-refractivity contribution is 5.86. The maximum atomic E-state index is 11.4. The van der Waals surface area contributed by atoms with Crippen LogP contribution in [0, 0.1) is 5.92 Å². The maximum absolute atomic E-state index is 11.4. The molecule has 142 valence electrons. The maximum Gasteiger partial charge on any atom is 0.333 e. The number of hydrogen-bond acceptors (Lipinski definition) is 4. The number of esters is 1. The molecule has 0 rings (SSSR count). The molecule has 0 aromatic heterocycles. The van der Waals surface area contributed by atoms with Crippen molar-refractivity contribution in [3.05, 3.63) is 12.2 Å². The molecule has 0 aliphatic heterocycles. The van der Waals surface area contributed by atoms with Gasteiger partial charge >= 0.3 is 5.97 Å². The molecule has 4 nitrogen and oxygen atoms in total. The van der Waals surface area contributed by atoms with E-state index in [0.717, 1.165) is 19.3 Å². The summed E-state index contributed by atoms with van der Waals surface area (Å²) < 4.78 is 16.4. The van der Waals surface area contributed by atoms with Crippen LogP contribution < -0.4 is 0 Å². The average molecular weight is 343 g/mol. The molecule has 0 saturated heterocycles. The Morgan fingerprint density at radius 2 is 1.54 bits per heavy atom. The SMILES string of the molecule is C=C(C)C(=O)OCCCC(CCCCCCCC)C(C)(OC)OC. The van der Waals surface area contributed by atoms with Crippen LogP contribution in [0.1, 0.15) is 78.6 Å². The van der Waals surface area contributed by atoms with Crippen LogP contribution in [0.4, 0.5) is 0 Å². The van der Waals surface area contributed by atoms with Crippen LogP contribution in [0.5, 0.6) is 0 Å². The van der Waals surface area contributed by atoms with Crippen LogP contribution in [0.15, 0.2) is 12.2 Å². The number of unbranched alkanes of at least 4 members (excludes halogenated alkanes) is 5. The van der Waals surface area contributed by atoms with Gasteiger partial charge in [-0.3, -0.25) is 0 Å². The molecular formula is C20H38O4. The summed E-state index contributed by atoms with van der Waals surface area (Å²) in [5.41, 5.74) is 0.442. The number of hydrogen-bond donors (Lipinski definition) is 0. The van der Waals surface area contributed by atoms with Gasteiger partial charge in [-0.25, -0.2) is 4.79 Å². The van der Waals surface area contributed by atoms with Gasteiger partial charge in [0.2, 0.25) is 0 Å². The van der Waals surface area contributed by atoms with Crippen LogP contribution in [-0.2, 0) is 19.0 Å². The van der Waals surface area contributed by atoms with E-state index < -0.39 is 5.79 Å². The molecule has 0 saturated carbocycles. The largest absolute Gasteiger partial charge is 0.462 e. The molecule has 0 aliphatic carbocycles. The molecule has 0 aromatic rings. The van der Waals surface area contributed by atoms with Crippen molar-refractivity contribution >= 4 is 5.97 Å². The number of carbonyl (C=O) groups is 1. The van der Waals surface area contributed by atoms with Gasteiger partial charge in [0.15, 0.2) is 5.79 Å². The van der Waals surface area contributed by atoms with Gasteiger partial charge in [0, 0.05) is 25.7 Å². The van der Waals surface area contributed by atoms with Crippen molar-refractivity contribution in [3.8, 4) is 0 Å². The molecule has 4 heteroatoms. The van der Waals surface area contributed by atoms with E-state index in [1.165, 1.54) is 38.5 Å². The Labute approximate surface area is 148 Å². The van der Waals surface area contributed by atoms with E-state index in [9.17, 15) is 4.79 Å². The Morgan fingerprint density at radius 3 is 2.08 bits per heavy atom. The first-order valence-electron chi connectivity index (χ1n) is 9.34. The molecule has 0 amide bonds. The summed E-state index contributed by atoms with van der Waals surface area (Å²) >= 11 is 0. The Morgan fingerprint density at radius 1 is 1.00 bits per heavy atom. The van der Waals surface area contributed by atoms with Crippen LogP contribution in [0.25, 0.3) is 0 Å². The zero-order valence-electron chi connectivity index (χ0n) is 16.5. The van der Waals surface area contributed by atoms with Crippen LogP contribution >= 0.6 is 0 Å². The normalized spacial score (nSPS) is 12.9. The lowest BCUT2D eigenvalue weighted by Crippen LogP contribution is -2.39. The average Bonchev–Trinajstić information content (AvgIpc) is 2.58. The van der Waals surface area contributed by atoms with Crippen molar-refractivity contribution in [2.75, 3.05) is 20.8 Å². The molecular weight excluding hydrogens is 304 g/mol. The van der Waals surface area contributed by atoms with Crippen molar-refractivity contribution in [1.82, 2.24) is 0 Å². The van der Waals surface area contributed by atoms with Crippen LogP contribution in [0.3, 0.4) is 0 Å². The summed E-state index contributed by atoms with van der Waals surface area (Å²) in [5.74, 6) is -0.604. The van der Waals surface area contributed by atoms with E-state index in [-0.39, 0.29) is 5.97 Å². The topological polar surface area (TPSA) is 44.8 Å². The van der Waals surface area contributed by atoms with Crippen molar-refractivity contribution in [3.63, 3.8) is 0 Å². The number of methoxy groups -OCH3 is 2. The molecule has 0 aromatic carbocycles.